The lowest BCUT2D eigenvalue weighted by Gasteiger charge is -2.42. The SMILES string of the molecule is CC1=C(C)C2CC(=O)C(C(C)C)=C(C(C)C)C2CC1. The lowest BCUT2D eigenvalue weighted by Crippen LogP contribution is -2.35. The van der Waals surface area contributed by atoms with Crippen LogP contribution >= 0.6 is 0 Å². The molecule has 2 aliphatic rings. The van der Waals surface area contributed by atoms with Crippen LogP contribution < -0.4 is 0 Å². The van der Waals surface area contributed by atoms with E-state index in [-0.39, 0.29) is 0 Å². The highest BCUT2D eigenvalue weighted by atomic mass is 16.1. The predicted octanol–water partition coefficient (Wildman–Crippen LogP) is 4.93. The van der Waals surface area contributed by atoms with Crippen LogP contribution in [0.3, 0.4) is 0 Å². The first-order chi connectivity index (χ1) is 8.84. The van der Waals surface area contributed by atoms with Gasteiger partial charge < -0.3 is 0 Å². The van der Waals surface area contributed by atoms with Crippen molar-refractivity contribution in [1.29, 1.82) is 0 Å². The van der Waals surface area contributed by atoms with Crippen molar-refractivity contribution in [3.63, 3.8) is 0 Å². The van der Waals surface area contributed by atoms with E-state index in [0.717, 1.165) is 12.0 Å². The smallest absolute Gasteiger partial charge is 0.159 e. The number of carbonyl (C=O) groups excluding carboxylic acids is 1. The summed E-state index contributed by atoms with van der Waals surface area (Å²) in [6, 6.07) is 0. The number of rotatable bonds is 2. The van der Waals surface area contributed by atoms with Crippen LogP contribution in [0.25, 0.3) is 0 Å². The fraction of sp³-hybridized carbons (Fsp3) is 0.722. The number of Topliss-reactive ketones (excluding diaryl/α,β-unsaturated/α-hetero) is 1. The molecule has 0 heterocycles. The summed E-state index contributed by atoms with van der Waals surface area (Å²) in [6.07, 6.45) is 3.20. The second-order valence-electron chi connectivity index (χ2n) is 7.02. The molecule has 0 amide bonds. The van der Waals surface area contributed by atoms with Gasteiger partial charge in [0.1, 0.15) is 0 Å². The summed E-state index contributed by atoms with van der Waals surface area (Å²) in [5, 5.41) is 0. The third-order valence-electron chi connectivity index (χ3n) is 5.16. The Morgan fingerprint density at radius 1 is 1.00 bits per heavy atom. The Labute approximate surface area is 118 Å². The van der Waals surface area contributed by atoms with Gasteiger partial charge in [0, 0.05) is 6.42 Å². The Hall–Kier alpha value is -0.850. The molecule has 1 nitrogen and oxygen atoms in total. The number of ketones is 1. The van der Waals surface area contributed by atoms with E-state index >= 15 is 0 Å². The number of allylic oxidation sites excluding steroid dienone is 4. The van der Waals surface area contributed by atoms with Crippen molar-refractivity contribution in [1.82, 2.24) is 0 Å². The standard InChI is InChI=1S/C18H28O/c1-10(2)17-14-8-7-12(5)13(6)15(14)9-16(19)18(17)11(3)4/h10-11,14-15H,7-9H2,1-6H3. The molecule has 0 aliphatic heterocycles. The molecular formula is C18H28O. The quantitative estimate of drug-likeness (QED) is 0.643. The predicted molar refractivity (Wildman–Crippen MR) is 80.9 cm³/mol. The van der Waals surface area contributed by atoms with Crippen LogP contribution in [-0.4, -0.2) is 5.78 Å². The van der Waals surface area contributed by atoms with Crippen LogP contribution in [0, 0.1) is 23.7 Å². The van der Waals surface area contributed by atoms with Crippen LogP contribution in [0.4, 0.5) is 0 Å². The minimum Gasteiger partial charge on any atom is -0.295 e. The van der Waals surface area contributed by atoms with Gasteiger partial charge in [-0.3, -0.25) is 4.79 Å². The van der Waals surface area contributed by atoms with Gasteiger partial charge in [-0.1, -0.05) is 44.4 Å². The third kappa shape index (κ3) is 2.44. The molecule has 0 N–H and O–H groups in total. The van der Waals surface area contributed by atoms with Gasteiger partial charge in [-0.15, -0.1) is 0 Å². The van der Waals surface area contributed by atoms with Crippen LogP contribution in [0.5, 0.6) is 0 Å². The van der Waals surface area contributed by atoms with E-state index in [2.05, 4.69) is 41.5 Å². The summed E-state index contributed by atoms with van der Waals surface area (Å²) in [5.41, 5.74) is 5.64. The Morgan fingerprint density at radius 3 is 2.16 bits per heavy atom. The summed E-state index contributed by atoms with van der Waals surface area (Å²) in [4.78, 5) is 12.6. The molecule has 0 saturated heterocycles. The molecular weight excluding hydrogens is 232 g/mol. The largest absolute Gasteiger partial charge is 0.295 e. The van der Waals surface area contributed by atoms with Gasteiger partial charge in [-0.25, -0.2) is 0 Å². The van der Waals surface area contributed by atoms with E-state index in [1.54, 1.807) is 0 Å². The second-order valence-corrected chi connectivity index (χ2v) is 7.02. The lowest BCUT2D eigenvalue weighted by atomic mass is 9.62. The summed E-state index contributed by atoms with van der Waals surface area (Å²) >= 11 is 0. The molecule has 0 spiro atoms. The minimum absolute atomic E-state index is 0.373. The van der Waals surface area contributed by atoms with Crippen molar-refractivity contribution < 1.29 is 4.79 Å². The van der Waals surface area contributed by atoms with Crippen LogP contribution in [-0.2, 0) is 4.79 Å². The number of hydrogen-bond donors (Lipinski definition) is 0. The molecule has 0 bridgehead atoms. The van der Waals surface area contributed by atoms with E-state index in [9.17, 15) is 4.79 Å². The minimum atomic E-state index is 0.373. The first-order valence-electron chi connectivity index (χ1n) is 7.78. The second kappa shape index (κ2) is 5.26. The molecule has 2 atom stereocenters. The zero-order valence-electron chi connectivity index (χ0n) is 13.3. The summed E-state index contributed by atoms with van der Waals surface area (Å²) < 4.78 is 0. The zero-order valence-corrected chi connectivity index (χ0v) is 13.3. The Bertz CT molecular complexity index is 448. The topological polar surface area (TPSA) is 17.1 Å². The van der Waals surface area contributed by atoms with E-state index < -0.39 is 0 Å². The average Bonchev–Trinajstić information content (AvgIpc) is 2.32. The van der Waals surface area contributed by atoms with Crippen molar-refractivity contribution >= 4 is 5.78 Å². The zero-order chi connectivity index (χ0) is 14.3. The highest BCUT2D eigenvalue weighted by Gasteiger charge is 2.40. The fourth-order valence-corrected chi connectivity index (χ4v) is 4.12. The monoisotopic (exact) mass is 260 g/mol. The molecule has 0 aromatic heterocycles. The normalized spacial score (nSPS) is 28.5. The van der Waals surface area contributed by atoms with Crippen molar-refractivity contribution in [3.05, 3.63) is 22.3 Å². The van der Waals surface area contributed by atoms with Crippen LogP contribution in [0.1, 0.15) is 60.8 Å². The Kier molecular flexibility index (Phi) is 4.03. The van der Waals surface area contributed by atoms with Crippen molar-refractivity contribution in [3.8, 4) is 0 Å². The van der Waals surface area contributed by atoms with E-state index in [4.69, 9.17) is 0 Å². The maximum absolute atomic E-state index is 12.6. The van der Waals surface area contributed by atoms with Gasteiger partial charge >= 0.3 is 0 Å². The Balaban J connectivity index is 2.53. The molecule has 2 aliphatic carbocycles. The van der Waals surface area contributed by atoms with E-state index in [0.29, 0.717) is 29.5 Å². The highest BCUT2D eigenvalue weighted by Crippen LogP contribution is 2.48. The first-order valence-corrected chi connectivity index (χ1v) is 7.78. The molecule has 0 aromatic rings. The van der Waals surface area contributed by atoms with E-state index in [1.807, 2.05) is 0 Å². The van der Waals surface area contributed by atoms with E-state index in [1.165, 1.54) is 29.6 Å². The van der Waals surface area contributed by atoms with Gasteiger partial charge in [0.2, 0.25) is 0 Å². The summed E-state index contributed by atoms with van der Waals surface area (Å²) in [7, 11) is 0. The maximum atomic E-state index is 12.6. The number of fused-ring (bicyclic) bond motifs is 1. The lowest BCUT2D eigenvalue weighted by molar-refractivity contribution is -0.117. The molecule has 0 aromatic carbocycles. The molecule has 19 heavy (non-hydrogen) atoms. The molecule has 0 saturated carbocycles. The Morgan fingerprint density at radius 2 is 1.63 bits per heavy atom. The fourth-order valence-electron chi connectivity index (χ4n) is 4.12. The molecule has 0 fully saturated rings. The average molecular weight is 260 g/mol. The third-order valence-corrected chi connectivity index (χ3v) is 5.16. The molecule has 106 valence electrons. The highest BCUT2D eigenvalue weighted by molar-refractivity contribution is 5.98. The first kappa shape index (κ1) is 14.6. The van der Waals surface area contributed by atoms with Crippen LogP contribution in [0.2, 0.25) is 0 Å². The molecule has 2 rings (SSSR count). The van der Waals surface area contributed by atoms with Crippen molar-refractivity contribution in [2.75, 3.05) is 0 Å². The van der Waals surface area contributed by atoms with Gasteiger partial charge in [0.05, 0.1) is 0 Å². The van der Waals surface area contributed by atoms with Crippen LogP contribution in [0.15, 0.2) is 22.3 Å². The van der Waals surface area contributed by atoms with Gasteiger partial charge in [-0.2, -0.15) is 0 Å². The molecule has 1 heteroatoms. The molecule has 2 unspecified atom stereocenters. The van der Waals surface area contributed by atoms with Gasteiger partial charge in [-0.05, 0) is 55.9 Å². The number of carbonyl (C=O) groups is 1. The maximum Gasteiger partial charge on any atom is 0.159 e. The van der Waals surface area contributed by atoms with Gasteiger partial charge in [0.15, 0.2) is 5.78 Å². The molecule has 0 radical (unpaired) electrons. The van der Waals surface area contributed by atoms with Crippen molar-refractivity contribution in [2.24, 2.45) is 23.7 Å². The number of hydrogen-bond acceptors (Lipinski definition) is 1. The summed E-state index contributed by atoms with van der Waals surface area (Å²) in [5.74, 6) is 2.40. The summed E-state index contributed by atoms with van der Waals surface area (Å²) in [6.45, 7) is 13.4. The van der Waals surface area contributed by atoms with Gasteiger partial charge in [0.25, 0.3) is 0 Å². The van der Waals surface area contributed by atoms with Crippen molar-refractivity contribution in [2.45, 2.75) is 60.8 Å².